The number of rotatable bonds is 6. The summed E-state index contributed by atoms with van der Waals surface area (Å²) in [6, 6.07) is 18.6. The van der Waals surface area contributed by atoms with Crippen LogP contribution in [0, 0.1) is 6.92 Å². The minimum atomic E-state index is -0.0824. The second-order valence-corrected chi connectivity index (χ2v) is 6.35. The zero-order valence-electron chi connectivity index (χ0n) is 15.3. The van der Waals surface area contributed by atoms with Gasteiger partial charge in [0.15, 0.2) is 5.78 Å². The van der Waals surface area contributed by atoms with Crippen LogP contribution in [0.5, 0.6) is 0 Å². The van der Waals surface area contributed by atoms with Crippen LogP contribution in [0.1, 0.15) is 28.4 Å². The van der Waals surface area contributed by atoms with E-state index in [1.165, 1.54) is 6.92 Å². The monoisotopic (exact) mass is 359 g/mol. The highest BCUT2D eigenvalue weighted by atomic mass is 16.1. The molecule has 0 saturated carbocycles. The van der Waals surface area contributed by atoms with Gasteiger partial charge < -0.3 is 10.6 Å². The minimum absolute atomic E-state index is 0.0123. The molecule has 0 saturated heterocycles. The molecule has 3 aromatic rings. The third-order valence-electron chi connectivity index (χ3n) is 4.20. The Kier molecular flexibility index (Phi) is 5.61. The van der Waals surface area contributed by atoms with E-state index in [1.807, 2.05) is 43.3 Å². The van der Waals surface area contributed by atoms with Crippen molar-refractivity contribution in [1.82, 2.24) is 4.98 Å². The number of pyridine rings is 1. The molecule has 2 N–H and O–H groups in total. The van der Waals surface area contributed by atoms with Gasteiger partial charge in [0.1, 0.15) is 5.82 Å². The lowest BCUT2D eigenvalue weighted by atomic mass is 10.1. The number of benzene rings is 2. The Labute approximate surface area is 158 Å². The van der Waals surface area contributed by atoms with Crippen molar-refractivity contribution >= 4 is 28.9 Å². The number of aryl methyl sites for hydroxylation is 1. The third kappa shape index (κ3) is 5.01. The highest BCUT2D eigenvalue weighted by Crippen LogP contribution is 2.18. The summed E-state index contributed by atoms with van der Waals surface area (Å²) in [5.41, 5.74) is 4.16. The molecule has 0 bridgehead atoms. The standard InChI is InChI=1S/C22H21N3O2/c1-15-6-3-4-7-17(15)13-22(27)25-20-10-11-21(23-14-20)24-19-9-5-8-18(12-19)16(2)26/h3-12,14H,13H2,1-2H3,(H,23,24)(H,25,27). The van der Waals surface area contributed by atoms with E-state index in [1.54, 1.807) is 30.5 Å². The molecule has 1 aromatic heterocycles. The number of amides is 1. The Bertz CT molecular complexity index is 965. The lowest BCUT2D eigenvalue weighted by Crippen LogP contribution is -2.15. The van der Waals surface area contributed by atoms with Crippen molar-refractivity contribution in [3.8, 4) is 0 Å². The molecule has 5 heteroatoms. The Morgan fingerprint density at radius 3 is 2.48 bits per heavy atom. The molecule has 2 aromatic carbocycles. The fourth-order valence-corrected chi connectivity index (χ4v) is 2.69. The molecule has 3 rings (SSSR count). The van der Waals surface area contributed by atoms with Crippen LogP contribution in [-0.2, 0) is 11.2 Å². The molecule has 0 aliphatic heterocycles. The van der Waals surface area contributed by atoms with E-state index in [0.29, 0.717) is 23.5 Å². The summed E-state index contributed by atoms with van der Waals surface area (Å²) in [6.45, 7) is 3.53. The number of ketones is 1. The quantitative estimate of drug-likeness (QED) is 0.635. The van der Waals surface area contributed by atoms with Crippen LogP contribution in [0.2, 0.25) is 0 Å². The third-order valence-corrected chi connectivity index (χ3v) is 4.20. The molecule has 5 nitrogen and oxygen atoms in total. The topological polar surface area (TPSA) is 71.1 Å². The van der Waals surface area contributed by atoms with Gasteiger partial charge in [0.25, 0.3) is 0 Å². The van der Waals surface area contributed by atoms with Gasteiger partial charge in [0.05, 0.1) is 18.3 Å². The predicted octanol–water partition coefficient (Wildman–Crippen LogP) is 4.52. The first kappa shape index (κ1) is 18.3. The van der Waals surface area contributed by atoms with Gasteiger partial charge in [-0.3, -0.25) is 9.59 Å². The first-order valence-electron chi connectivity index (χ1n) is 8.70. The first-order valence-corrected chi connectivity index (χ1v) is 8.70. The molecular weight excluding hydrogens is 338 g/mol. The summed E-state index contributed by atoms with van der Waals surface area (Å²) >= 11 is 0. The van der Waals surface area contributed by atoms with Crippen molar-refractivity contribution in [3.63, 3.8) is 0 Å². The van der Waals surface area contributed by atoms with Crippen LogP contribution < -0.4 is 10.6 Å². The van der Waals surface area contributed by atoms with Gasteiger partial charge in [0, 0.05) is 11.3 Å². The molecule has 0 aliphatic carbocycles. The van der Waals surface area contributed by atoms with Gasteiger partial charge in [-0.05, 0) is 49.2 Å². The second kappa shape index (κ2) is 8.27. The van der Waals surface area contributed by atoms with Crippen LogP contribution in [-0.4, -0.2) is 16.7 Å². The van der Waals surface area contributed by atoms with Gasteiger partial charge in [-0.2, -0.15) is 0 Å². The molecule has 1 amide bonds. The molecule has 27 heavy (non-hydrogen) atoms. The summed E-state index contributed by atoms with van der Waals surface area (Å²) in [5.74, 6) is 0.562. The maximum atomic E-state index is 12.2. The highest BCUT2D eigenvalue weighted by Gasteiger charge is 2.07. The number of Topliss-reactive ketones (excluding diaryl/α,β-unsaturated/α-hetero) is 1. The van der Waals surface area contributed by atoms with E-state index in [4.69, 9.17) is 0 Å². The first-order chi connectivity index (χ1) is 13.0. The second-order valence-electron chi connectivity index (χ2n) is 6.35. The van der Waals surface area contributed by atoms with Gasteiger partial charge in [0.2, 0.25) is 5.91 Å². The van der Waals surface area contributed by atoms with E-state index in [9.17, 15) is 9.59 Å². The van der Waals surface area contributed by atoms with E-state index < -0.39 is 0 Å². The van der Waals surface area contributed by atoms with Gasteiger partial charge >= 0.3 is 0 Å². The van der Waals surface area contributed by atoms with Crippen molar-refractivity contribution in [2.45, 2.75) is 20.3 Å². The molecular formula is C22H21N3O2. The lowest BCUT2D eigenvalue weighted by molar-refractivity contribution is -0.115. The largest absolute Gasteiger partial charge is 0.340 e. The average Bonchev–Trinajstić information content (AvgIpc) is 2.65. The Balaban J connectivity index is 1.62. The summed E-state index contributed by atoms with van der Waals surface area (Å²) in [6.07, 6.45) is 1.93. The molecule has 0 aliphatic rings. The van der Waals surface area contributed by atoms with E-state index >= 15 is 0 Å². The number of nitrogens with zero attached hydrogens (tertiary/aromatic N) is 1. The fraction of sp³-hybridized carbons (Fsp3) is 0.136. The number of nitrogens with one attached hydrogen (secondary N) is 2. The molecule has 0 spiro atoms. The van der Waals surface area contributed by atoms with E-state index in [0.717, 1.165) is 16.8 Å². The zero-order valence-corrected chi connectivity index (χ0v) is 15.3. The minimum Gasteiger partial charge on any atom is -0.340 e. The number of carbonyl (C=O) groups is 2. The maximum Gasteiger partial charge on any atom is 0.228 e. The van der Waals surface area contributed by atoms with Crippen LogP contribution >= 0.6 is 0 Å². The fourth-order valence-electron chi connectivity index (χ4n) is 2.69. The smallest absolute Gasteiger partial charge is 0.228 e. The summed E-state index contributed by atoms with van der Waals surface area (Å²) in [5, 5.41) is 6.01. The van der Waals surface area contributed by atoms with Gasteiger partial charge in [-0.25, -0.2) is 4.98 Å². The maximum absolute atomic E-state index is 12.2. The number of carbonyl (C=O) groups excluding carboxylic acids is 2. The summed E-state index contributed by atoms with van der Waals surface area (Å²) in [4.78, 5) is 28.0. The molecule has 0 unspecified atom stereocenters. The van der Waals surface area contributed by atoms with E-state index in [-0.39, 0.29) is 11.7 Å². The van der Waals surface area contributed by atoms with Crippen molar-refractivity contribution in [2.75, 3.05) is 10.6 Å². The normalized spacial score (nSPS) is 10.3. The number of anilines is 3. The highest BCUT2D eigenvalue weighted by molar-refractivity contribution is 5.95. The predicted molar refractivity (Wildman–Crippen MR) is 107 cm³/mol. The summed E-state index contributed by atoms with van der Waals surface area (Å²) < 4.78 is 0. The average molecular weight is 359 g/mol. The molecule has 0 fully saturated rings. The Morgan fingerprint density at radius 2 is 1.78 bits per heavy atom. The Morgan fingerprint density at radius 1 is 0.963 bits per heavy atom. The number of hydrogen-bond donors (Lipinski definition) is 2. The van der Waals surface area contributed by atoms with Gasteiger partial charge in [-0.15, -0.1) is 0 Å². The van der Waals surface area contributed by atoms with Crippen molar-refractivity contribution in [3.05, 3.63) is 83.6 Å². The Hall–Kier alpha value is -3.47. The van der Waals surface area contributed by atoms with E-state index in [2.05, 4.69) is 15.6 Å². The van der Waals surface area contributed by atoms with Crippen molar-refractivity contribution in [1.29, 1.82) is 0 Å². The molecule has 0 radical (unpaired) electrons. The van der Waals surface area contributed by atoms with Gasteiger partial charge in [-0.1, -0.05) is 36.4 Å². The van der Waals surface area contributed by atoms with Crippen LogP contribution in [0.15, 0.2) is 66.9 Å². The summed E-state index contributed by atoms with van der Waals surface area (Å²) in [7, 11) is 0. The van der Waals surface area contributed by atoms with Crippen LogP contribution in [0.25, 0.3) is 0 Å². The SMILES string of the molecule is CC(=O)c1cccc(Nc2ccc(NC(=O)Cc3ccccc3C)cn2)c1. The molecule has 136 valence electrons. The van der Waals surface area contributed by atoms with Crippen LogP contribution in [0.3, 0.4) is 0 Å². The molecule has 0 atom stereocenters. The lowest BCUT2D eigenvalue weighted by Gasteiger charge is -2.09. The van der Waals surface area contributed by atoms with Crippen molar-refractivity contribution in [2.24, 2.45) is 0 Å². The zero-order chi connectivity index (χ0) is 19.2. The number of hydrogen-bond acceptors (Lipinski definition) is 4. The number of aromatic nitrogens is 1. The van der Waals surface area contributed by atoms with Crippen molar-refractivity contribution < 1.29 is 9.59 Å². The van der Waals surface area contributed by atoms with Crippen LogP contribution in [0.4, 0.5) is 17.2 Å². The molecule has 1 heterocycles.